The van der Waals surface area contributed by atoms with E-state index in [0.29, 0.717) is 17.9 Å². The van der Waals surface area contributed by atoms with Crippen molar-refractivity contribution in [1.29, 1.82) is 0 Å². The lowest BCUT2D eigenvalue weighted by molar-refractivity contribution is -0.384. The van der Waals surface area contributed by atoms with E-state index in [1.54, 1.807) is 23.0 Å². The van der Waals surface area contributed by atoms with Gasteiger partial charge >= 0.3 is 0 Å². The first-order valence-electron chi connectivity index (χ1n) is 7.09. The summed E-state index contributed by atoms with van der Waals surface area (Å²) in [5.74, 6) is 0.649. The summed E-state index contributed by atoms with van der Waals surface area (Å²) >= 11 is 0. The van der Waals surface area contributed by atoms with Gasteiger partial charge in [-0.2, -0.15) is 9.78 Å². The number of nitrogens with one attached hydrogen (secondary N) is 1. The molecule has 0 aliphatic rings. The SMILES string of the molecule is O=[N+]([O-])c1ccc(N/N=C\Cc2nnnn2-c2ccccc2)cc1. The number of hydrogen-bond acceptors (Lipinski definition) is 7. The summed E-state index contributed by atoms with van der Waals surface area (Å²) in [4.78, 5) is 10.1. The molecule has 9 nitrogen and oxygen atoms in total. The molecule has 1 N–H and O–H groups in total. The number of non-ortho nitro benzene ring substituents is 1. The van der Waals surface area contributed by atoms with Gasteiger partial charge in [0.25, 0.3) is 5.69 Å². The van der Waals surface area contributed by atoms with Crippen molar-refractivity contribution in [1.82, 2.24) is 20.2 Å². The second kappa shape index (κ2) is 7.09. The fraction of sp³-hybridized carbons (Fsp3) is 0.0667. The molecule has 0 unspecified atom stereocenters. The van der Waals surface area contributed by atoms with E-state index in [1.807, 2.05) is 30.3 Å². The van der Waals surface area contributed by atoms with Gasteiger partial charge < -0.3 is 0 Å². The van der Waals surface area contributed by atoms with Crippen molar-refractivity contribution < 1.29 is 4.92 Å². The van der Waals surface area contributed by atoms with Crippen LogP contribution >= 0.6 is 0 Å². The van der Waals surface area contributed by atoms with Crippen LogP contribution in [0.4, 0.5) is 11.4 Å². The van der Waals surface area contributed by atoms with E-state index in [-0.39, 0.29) is 5.69 Å². The number of nitro benzene ring substituents is 1. The number of nitrogens with zero attached hydrogens (tertiary/aromatic N) is 6. The Balaban J connectivity index is 1.61. The van der Waals surface area contributed by atoms with Gasteiger partial charge in [0.15, 0.2) is 5.82 Å². The molecule has 0 atom stereocenters. The van der Waals surface area contributed by atoms with Crippen LogP contribution in [0.25, 0.3) is 5.69 Å². The Kier molecular flexibility index (Phi) is 4.52. The monoisotopic (exact) mass is 323 g/mol. The summed E-state index contributed by atoms with van der Waals surface area (Å²) in [5.41, 5.74) is 4.36. The molecular formula is C15H13N7O2. The highest BCUT2D eigenvalue weighted by molar-refractivity contribution is 5.62. The smallest absolute Gasteiger partial charge is 0.269 e. The minimum absolute atomic E-state index is 0.0339. The Bertz CT molecular complexity index is 844. The van der Waals surface area contributed by atoms with Crippen LogP contribution in [0.1, 0.15) is 5.82 Å². The van der Waals surface area contributed by atoms with Crippen LogP contribution in [0.3, 0.4) is 0 Å². The average molecular weight is 323 g/mol. The number of tetrazole rings is 1. The molecule has 0 fully saturated rings. The van der Waals surface area contributed by atoms with Crippen LogP contribution in [0.2, 0.25) is 0 Å². The summed E-state index contributed by atoms with van der Waals surface area (Å²) in [6, 6.07) is 15.5. The van der Waals surface area contributed by atoms with Crippen molar-refractivity contribution in [3.05, 3.63) is 70.5 Å². The van der Waals surface area contributed by atoms with Crippen LogP contribution in [-0.2, 0) is 6.42 Å². The predicted molar refractivity (Wildman–Crippen MR) is 88.1 cm³/mol. The zero-order chi connectivity index (χ0) is 16.8. The van der Waals surface area contributed by atoms with Crippen molar-refractivity contribution in [2.45, 2.75) is 6.42 Å². The van der Waals surface area contributed by atoms with E-state index in [1.165, 1.54) is 12.1 Å². The maximum atomic E-state index is 10.6. The van der Waals surface area contributed by atoms with Crippen LogP contribution in [-0.4, -0.2) is 31.3 Å². The highest BCUT2D eigenvalue weighted by Crippen LogP contribution is 2.15. The molecule has 0 saturated heterocycles. The predicted octanol–water partition coefficient (Wildman–Crippen LogP) is 2.21. The largest absolute Gasteiger partial charge is 0.279 e. The standard InChI is InChI=1S/C15H13N7O2/c23-22(24)14-8-6-12(7-9-14)17-16-11-10-15-18-19-20-21(15)13-4-2-1-3-5-13/h1-9,11,17H,10H2/b16-11-. The third-order valence-electron chi connectivity index (χ3n) is 3.17. The molecule has 1 heterocycles. The van der Waals surface area contributed by atoms with Gasteiger partial charge in [-0.05, 0) is 34.7 Å². The van der Waals surface area contributed by atoms with Crippen LogP contribution in [0.5, 0.6) is 0 Å². The van der Waals surface area contributed by atoms with E-state index in [9.17, 15) is 10.1 Å². The number of hydrogen-bond donors (Lipinski definition) is 1. The number of para-hydroxylation sites is 1. The highest BCUT2D eigenvalue weighted by atomic mass is 16.6. The van der Waals surface area contributed by atoms with Crippen molar-refractivity contribution >= 4 is 17.6 Å². The lowest BCUT2D eigenvalue weighted by Crippen LogP contribution is -2.04. The van der Waals surface area contributed by atoms with Crippen molar-refractivity contribution in [3.8, 4) is 5.69 Å². The zero-order valence-corrected chi connectivity index (χ0v) is 12.5. The zero-order valence-electron chi connectivity index (χ0n) is 12.5. The maximum Gasteiger partial charge on any atom is 0.269 e. The third kappa shape index (κ3) is 3.58. The summed E-state index contributed by atoms with van der Waals surface area (Å²) in [6.07, 6.45) is 2.06. The van der Waals surface area contributed by atoms with Crippen LogP contribution < -0.4 is 5.43 Å². The van der Waals surface area contributed by atoms with Gasteiger partial charge in [-0.3, -0.25) is 15.5 Å². The van der Waals surface area contributed by atoms with E-state index in [4.69, 9.17) is 0 Å². The van der Waals surface area contributed by atoms with Crippen molar-refractivity contribution in [3.63, 3.8) is 0 Å². The molecule has 120 valence electrons. The summed E-state index contributed by atoms with van der Waals surface area (Å²) < 4.78 is 1.64. The molecule has 3 aromatic rings. The van der Waals surface area contributed by atoms with Crippen molar-refractivity contribution in [2.75, 3.05) is 5.43 Å². The minimum atomic E-state index is -0.448. The van der Waals surface area contributed by atoms with Crippen LogP contribution in [0.15, 0.2) is 59.7 Å². The molecule has 3 rings (SSSR count). The topological polar surface area (TPSA) is 111 Å². The number of hydrazone groups is 1. The lowest BCUT2D eigenvalue weighted by atomic mass is 10.3. The maximum absolute atomic E-state index is 10.6. The Hall–Kier alpha value is -3.62. The van der Waals surface area contributed by atoms with Gasteiger partial charge in [-0.1, -0.05) is 18.2 Å². The number of benzene rings is 2. The fourth-order valence-electron chi connectivity index (χ4n) is 2.01. The lowest BCUT2D eigenvalue weighted by Gasteiger charge is -2.02. The first kappa shape index (κ1) is 15.3. The molecule has 0 amide bonds. The van der Waals surface area contributed by atoms with Gasteiger partial charge in [-0.25, -0.2) is 0 Å². The summed E-state index contributed by atoms with van der Waals surface area (Å²) in [6.45, 7) is 0. The quantitative estimate of drug-likeness (QED) is 0.423. The first-order chi connectivity index (χ1) is 11.7. The second-order valence-corrected chi connectivity index (χ2v) is 4.77. The first-order valence-corrected chi connectivity index (χ1v) is 7.09. The number of rotatable bonds is 6. The molecule has 9 heteroatoms. The molecule has 2 aromatic carbocycles. The van der Waals surface area contributed by atoms with Gasteiger partial charge in [-0.15, -0.1) is 5.10 Å². The Morgan fingerprint density at radius 3 is 2.62 bits per heavy atom. The summed E-state index contributed by atoms with van der Waals surface area (Å²) in [7, 11) is 0. The molecule has 0 spiro atoms. The molecule has 0 aliphatic heterocycles. The van der Waals surface area contributed by atoms with Gasteiger partial charge in [0.05, 0.1) is 16.3 Å². The fourth-order valence-corrected chi connectivity index (χ4v) is 2.01. The molecule has 0 aliphatic carbocycles. The highest BCUT2D eigenvalue weighted by Gasteiger charge is 2.06. The van der Waals surface area contributed by atoms with E-state index in [0.717, 1.165) is 5.69 Å². The molecular weight excluding hydrogens is 310 g/mol. The van der Waals surface area contributed by atoms with E-state index >= 15 is 0 Å². The second-order valence-electron chi connectivity index (χ2n) is 4.77. The van der Waals surface area contributed by atoms with Crippen LogP contribution in [0, 0.1) is 10.1 Å². The summed E-state index contributed by atoms with van der Waals surface area (Å²) in [5, 5.41) is 26.3. The van der Waals surface area contributed by atoms with E-state index in [2.05, 4.69) is 26.1 Å². The number of anilines is 1. The molecule has 0 bridgehead atoms. The molecule has 0 radical (unpaired) electrons. The molecule has 0 saturated carbocycles. The Labute approximate surface area is 136 Å². The van der Waals surface area contributed by atoms with Crippen molar-refractivity contribution in [2.24, 2.45) is 5.10 Å². The molecule has 24 heavy (non-hydrogen) atoms. The average Bonchev–Trinajstić information content (AvgIpc) is 3.08. The van der Waals surface area contributed by atoms with Gasteiger partial charge in [0.2, 0.25) is 0 Å². The third-order valence-corrected chi connectivity index (χ3v) is 3.17. The minimum Gasteiger partial charge on any atom is -0.279 e. The van der Waals surface area contributed by atoms with E-state index < -0.39 is 4.92 Å². The number of nitro groups is 1. The number of aromatic nitrogens is 4. The van der Waals surface area contributed by atoms with Gasteiger partial charge in [0, 0.05) is 24.8 Å². The Morgan fingerprint density at radius 2 is 1.92 bits per heavy atom. The Morgan fingerprint density at radius 1 is 1.17 bits per heavy atom. The normalized spacial score (nSPS) is 10.8. The van der Waals surface area contributed by atoms with Gasteiger partial charge in [0.1, 0.15) is 0 Å². The molecule has 1 aromatic heterocycles.